The molecule has 1 N–H and O–H groups in total. The standard InChI is InChI=1S/C24H37NO4/c1-4-6-8-10-11-13-16-28-19-14-15-20-21(18-19)25(3)24(27)23(22(20)26)29-17-12-9-7-5-2/h14-15,18,26H,4-13,16-17H2,1-3H3. The molecule has 1 aromatic carbocycles. The Bertz CT molecular complexity index is 813. The van der Waals surface area contributed by atoms with E-state index in [0.717, 1.165) is 32.1 Å². The molecule has 0 atom stereocenters. The first-order valence-corrected chi connectivity index (χ1v) is 11.2. The minimum absolute atomic E-state index is 0.0391. The summed E-state index contributed by atoms with van der Waals surface area (Å²) in [7, 11) is 1.70. The predicted molar refractivity (Wildman–Crippen MR) is 119 cm³/mol. The van der Waals surface area contributed by atoms with E-state index in [1.807, 2.05) is 12.1 Å². The third-order valence-corrected chi connectivity index (χ3v) is 5.31. The number of nitrogens with zero attached hydrogens (tertiary/aromatic N) is 1. The van der Waals surface area contributed by atoms with Gasteiger partial charge in [0.1, 0.15) is 5.75 Å². The quantitative estimate of drug-likeness (QED) is 0.396. The minimum Gasteiger partial charge on any atom is -0.504 e. The van der Waals surface area contributed by atoms with Gasteiger partial charge in [0.25, 0.3) is 5.56 Å². The number of rotatable bonds is 14. The Morgan fingerprint density at radius 3 is 2.14 bits per heavy atom. The first-order valence-electron chi connectivity index (χ1n) is 11.2. The van der Waals surface area contributed by atoms with Crippen LogP contribution < -0.4 is 15.0 Å². The molecule has 0 saturated heterocycles. The molecule has 0 saturated carbocycles. The molecule has 0 aliphatic rings. The normalized spacial score (nSPS) is 11.1. The molecule has 0 aliphatic heterocycles. The molecule has 2 rings (SSSR count). The monoisotopic (exact) mass is 403 g/mol. The Morgan fingerprint density at radius 1 is 0.862 bits per heavy atom. The van der Waals surface area contributed by atoms with Crippen molar-refractivity contribution in [1.29, 1.82) is 0 Å². The number of aryl methyl sites for hydroxylation is 1. The number of ether oxygens (including phenoxy) is 2. The Hall–Kier alpha value is -2.17. The second-order valence-corrected chi connectivity index (χ2v) is 7.75. The molecule has 5 nitrogen and oxygen atoms in total. The molecular formula is C24H37NO4. The first kappa shape index (κ1) is 23.1. The zero-order chi connectivity index (χ0) is 21.1. The predicted octanol–water partition coefficient (Wildman–Crippen LogP) is 5.94. The Labute approximate surface area is 174 Å². The highest BCUT2D eigenvalue weighted by atomic mass is 16.5. The van der Waals surface area contributed by atoms with E-state index in [4.69, 9.17) is 9.47 Å². The smallest absolute Gasteiger partial charge is 0.297 e. The third kappa shape index (κ3) is 6.69. The molecule has 5 heteroatoms. The van der Waals surface area contributed by atoms with Gasteiger partial charge in [-0.2, -0.15) is 0 Å². The van der Waals surface area contributed by atoms with Crippen molar-refractivity contribution in [2.75, 3.05) is 13.2 Å². The van der Waals surface area contributed by atoms with Gasteiger partial charge in [0.05, 0.1) is 18.7 Å². The molecule has 0 radical (unpaired) electrons. The van der Waals surface area contributed by atoms with Gasteiger partial charge >= 0.3 is 0 Å². The molecule has 1 heterocycles. The fraction of sp³-hybridized carbons (Fsp3) is 0.625. The van der Waals surface area contributed by atoms with Gasteiger partial charge in [0.15, 0.2) is 5.75 Å². The third-order valence-electron chi connectivity index (χ3n) is 5.31. The fourth-order valence-electron chi connectivity index (χ4n) is 3.47. The number of fused-ring (bicyclic) bond motifs is 1. The zero-order valence-electron chi connectivity index (χ0n) is 18.3. The van der Waals surface area contributed by atoms with E-state index in [9.17, 15) is 9.90 Å². The van der Waals surface area contributed by atoms with Crippen LogP contribution in [0.4, 0.5) is 0 Å². The molecule has 29 heavy (non-hydrogen) atoms. The van der Waals surface area contributed by atoms with Crippen molar-refractivity contribution in [3.05, 3.63) is 28.6 Å². The lowest BCUT2D eigenvalue weighted by molar-refractivity contribution is 0.285. The van der Waals surface area contributed by atoms with Crippen molar-refractivity contribution >= 4 is 10.9 Å². The number of hydrogen-bond acceptors (Lipinski definition) is 4. The highest BCUT2D eigenvalue weighted by Gasteiger charge is 2.16. The molecule has 0 aliphatic carbocycles. The van der Waals surface area contributed by atoms with Crippen LogP contribution in [-0.4, -0.2) is 22.9 Å². The molecular weight excluding hydrogens is 366 g/mol. The van der Waals surface area contributed by atoms with Gasteiger partial charge in [-0.15, -0.1) is 0 Å². The van der Waals surface area contributed by atoms with Gasteiger partial charge in [0.2, 0.25) is 5.75 Å². The zero-order valence-corrected chi connectivity index (χ0v) is 18.3. The van der Waals surface area contributed by atoms with E-state index in [0.29, 0.717) is 29.9 Å². The fourth-order valence-corrected chi connectivity index (χ4v) is 3.47. The van der Waals surface area contributed by atoms with Gasteiger partial charge in [-0.05, 0) is 25.0 Å². The van der Waals surface area contributed by atoms with Crippen LogP contribution in [0, 0.1) is 0 Å². The van der Waals surface area contributed by atoms with Gasteiger partial charge in [-0.3, -0.25) is 4.79 Å². The van der Waals surface area contributed by atoms with Gasteiger partial charge in [-0.1, -0.05) is 65.2 Å². The number of benzene rings is 1. The summed E-state index contributed by atoms with van der Waals surface area (Å²) >= 11 is 0. The lowest BCUT2D eigenvalue weighted by Gasteiger charge is -2.14. The SMILES string of the molecule is CCCCCCCCOc1ccc2c(O)c(OCCCCCC)c(=O)n(C)c2c1. The number of hydrogen-bond donors (Lipinski definition) is 1. The molecule has 1 aromatic heterocycles. The van der Waals surface area contributed by atoms with Crippen LogP contribution in [0.15, 0.2) is 23.0 Å². The Morgan fingerprint density at radius 2 is 1.45 bits per heavy atom. The van der Waals surface area contributed by atoms with Crippen LogP contribution in [-0.2, 0) is 7.05 Å². The second-order valence-electron chi connectivity index (χ2n) is 7.75. The van der Waals surface area contributed by atoms with E-state index < -0.39 is 0 Å². The molecule has 0 fully saturated rings. The molecule has 0 amide bonds. The molecule has 0 unspecified atom stereocenters. The largest absolute Gasteiger partial charge is 0.504 e. The van der Waals surface area contributed by atoms with Gasteiger partial charge in [0, 0.05) is 18.5 Å². The number of aromatic nitrogens is 1. The van der Waals surface area contributed by atoms with Crippen molar-refractivity contribution in [3.8, 4) is 17.2 Å². The van der Waals surface area contributed by atoms with Crippen LogP contribution in [0.3, 0.4) is 0 Å². The lowest BCUT2D eigenvalue weighted by atomic mass is 10.1. The topological polar surface area (TPSA) is 60.7 Å². The highest BCUT2D eigenvalue weighted by molar-refractivity contribution is 5.88. The number of pyridine rings is 1. The maximum Gasteiger partial charge on any atom is 0.297 e. The van der Waals surface area contributed by atoms with Crippen molar-refractivity contribution in [2.45, 2.75) is 78.1 Å². The maximum absolute atomic E-state index is 12.7. The average Bonchev–Trinajstić information content (AvgIpc) is 2.73. The summed E-state index contributed by atoms with van der Waals surface area (Å²) < 4.78 is 13.0. The van der Waals surface area contributed by atoms with E-state index in [1.165, 1.54) is 36.7 Å². The summed E-state index contributed by atoms with van der Waals surface area (Å²) in [5, 5.41) is 11.2. The first-order chi connectivity index (χ1) is 14.1. The van der Waals surface area contributed by atoms with Crippen molar-refractivity contribution in [1.82, 2.24) is 4.57 Å². The summed E-state index contributed by atoms with van der Waals surface area (Å²) in [6, 6.07) is 5.46. The summed E-state index contributed by atoms with van der Waals surface area (Å²) in [4.78, 5) is 12.7. The maximum atomic E-state index is 12.7. The molecule has 162 valence electrons. The van der Waals surface area contributed by atoms with Gasteiger partial charge < -0.3 is 19.1 Å². The van der Waals surface area contributed by atoms with E-state index in [-0.39, 0.29) is 17.1 Å². The van der Waals surface area contributed by atoms with Crippen molar-refractivity contribution in [2.24, 2.45) is 7.05 Å². The molecule has 0 bridgehead atoms. The van der Waals surface area contributed by atoms with Crippen molar-refractivity contribution in [3.63, 3.8) is 0 Å². The molecule has 2 aromatic rings. The van der Waals surface area contributed by atoms with Gasteiger partial charge in [-0.25, -0.2) is 0 Å². The summed E-state index contributed by atoms with van der Waals surface area (Å²) in [6.45, 7) is 5.47. The summed E-state index contributed by atoms with van der Waals surface area (Å²) in [6.07, 6.45) is 11.5. The average molecular weight is 404 g/mol. The van der Waals surface area contributed by atoms with E-state index >= 15 is 0 Å². The van der Waals surface area contributed by atoms with E-state index in [2.05, 4.69) is 13.8 Å². The summed E-state index contributed by atoms with van der Waals surface area (Å²) in [5.41, 5.74) is 0.324. The molecule has 0 spiro atoms. The minimum atomic E-state index is -0.321. The van der Waals surface area contributed by atoms with Crippen LogP contribution in [0.2, 0.25) is 0 Å². The Balaban J connectivity index is 2.02. The highest BCUT2D eigenvalue weighted by Crippen LogP contribution is 2.33. The van der Waals surface area contributed by atoms with Crippen LogP contribution in [0.5, 0.6) is 17.2 Å². The van der Waals surface area contributed by atoms with Crippen LogP contribution in [0.25, 0.3) is 10.9 Å². The second kappa shape index (κ2) is 12.4. The van der Waals surface area contributed by atoms with E-state index in [1.54, 1.807) is 13.1 Å². The van der Waals surface area contributed by atoms with Crippen LogP contribution >= 0.6 is 0 Å². The Kier molecular flexibility index (Phi) is 9.89. The van der Waals surface area contributed by atoms with Crippen LogP contribution in [0.1, 0.15) is 78.1 Å². The van der Waals surface area contributed by atoms with Crippen molar-refractivity contribution < 1.29 is 14.6 Å². The number of unbranched alkanes of at least 4 members (excludes halogenated alkanes) is 8. The lowest BCUT2D eigenvalue weighted by Crippen LogP contribution is -2.20. The summed E-state index contributed by atoms with van der Waals surface area (Å²) in [5.74, 6) is 0.673. The number of aromatic hydroxyl groups is 1.